The van der Waals surface area contributed by atoms with Crippen LogP contribution in [0.2, 0.25) is 0 Å². The number of alkyl halides is 3. The van der Waals surface area contributed by atoms with E-state index in [0.717, 1.165) is 18.3 Å². The molecule has 28 heavy (non-hydrogen) atoms. The summed E-state index contributed by atoms with van der Waals surface area (Å²) in [6.07, 6.45) is -3.68. The van der Waals surface area contributed by atoms with Crippen molar-refractivity contribution in [3.05, 3.63) is 63.8 Å². The van der Waals surface area contributed by atoms with Crippen molar-refractivity contribution < 1.29 is 27.6 Å². The number of hydrogen-bond acceptors (Lipinski definition) is 5. The Morgan fingerprint density at radius 2 is 2.07 bits per heavy atom. The number of carbonyl (C=O) groups is 1. The zero-order valence-corrected chi connectivity index (χ0v) is 14.6. The molecule has 0 bridgehead atoms. The van der Waals surface area contributed by atoms with E-state index in [2.05, 4.69) is 4.98 Å². The molecule has 1 atom stereocenters. The van der Waals surface area contributed by atoms with Gasteiger partial charge in [-0.15, -0.1) is 0 Å². The maximum atomic E-state index is 12.8. The van der Waals surface area contributed by atoms with Gasteiger partial charge in [0.15, 0.2) is 0 Å². The van der Waals surface area contributed by atoms with Gasteiger partial charge in [0, 0.05) is 36.9 Å². The first kappa shape index (κ1) is 19.6. The molecule has 0 spiro atoms. The summed E-state index contributed by atoms with van der Waals surface area (Å²) < 4.78 is 43.8. The molecule has 1 unspecified atom stereocenters. The molecule has 1 aliphatic rings. The quantitative estimate of drug-likeness (QED) is 0.573. The van der Waals surface area contributed by atoms with Crippen molar-refractivity contribution in [1.82, 2.24) is 9.88 Å². The normalized spacial score (nSPS) is 16.8. The van der Waals surface area contributed by atoms with E-state index in [1.807, 2.05) is 0 Å². The average molecular weight is 395 g/mol. The fraction of sp³-hybridized carbons (Fsp3) is 0.333. The summed E-state index contributed by atoms with van der Waals surface area (Å²) in [4.78, 5) is 28.2. The molecule has 1 aromatic heterocycles. The second-order valence-corrected chi connectivity index (χ2v) is 6.31. The van der Waals surface area contributed by atoms with E-state index in [4.69, 9.17) is 4.74 Å². The molecule has 1 aliphatic heterocycles. The van der Waals surface area contributed by atoms with Gasteiger partial charge in [-0.25, -0.2) is 4.98 Å². The third-order valence-corrected chi connectivity index (χ3v) is 4.38. The molecular weight excluding hydrogens is 379 g/mol. The number of aromatic nitrogens is 1. The van der Waals surface area contributed by atoms with Gasteiger partial charge >= 0.3 is 6.18 Å². The second-order valence-electron chi connectivity index (χ2n) is 6.31. The standard InChI is InChI=1S/C18H16F3N3O4/c19-18(20,21)13-5-7-22-16(10-13)28-14-6-8-23(11-14)17(25)9-12-3-1-2-4-15(12)24(26)27/h1-5,7,10,14H,6,8-9,11H2. The largest absolute Gasteiger partial charge is 0.472 e. The lowest BCUT2D eigenvalue weighted by molar-refractivity contribution is -0.385. The number of nitrogens with zero attached hydrogens (tertiary/aromatic N) is 3. The number of likely N-dealkylation sites (tertiary alicyclic amines) is 1. The van der Waals surface area contributed by atoms with Crippen LogP contribution >= 0.6 is 0 Å². The fourth-order valence-corrected chi connectivity index (χ4v) is 2.99. The van der Waals surface area contributed by atoms with Crippen molar-refractivity contribution in [2.75, 3.05) is 13.1 Å². The van der Waals surface area contributed by atoms with E-state index >= 15 is 0 Å². The first-order chi connectivity index (χ1) is 13.2. The summed E-state index contributed by atoms with van der Waals surface area (Å²) in [5.41, 5.74) is -0.683. The molecular formula is C18H16F3N3O4. The lowest BCUT2D eigenvalue weighted by Gasteiger charge is -2.17. The van der Waals surface area contributed by atoms with Gasteiger partial charge < -0.3 is 9.64 Å². The third kappa shape index (κ3) is 4.56. The van der Waals surface area contributed by atoms with Gasteiger partial charge in [-0.05, 0) is 6.07 Å². The lowest BCUT2D eigenvalue weighted by Crippen LogP contribution is -2.32. The van der Waals surface area contributed by atoms with Gasteiger partial charge in [0.2, 0.25) is 11.8 Å². The van der Waals surface area contributed by atoms with E-state index < -0.39 is 22.8 Å². The highest BCUT2D eigenvalue weighted by atomic mass is 19.4. The van der Waals surface area contributed by atoms with Crippen LogP contribution in [0.5, 0.6) is 5.88 Å². The lowest BCUT2D eigenvalue weighted by atomic mass is 10.1. The van der Waals surface area contributed by atoms with Crippen LogP contribution in [0.4, 0.5) is 18.9 Å². The summed E-state index contributed by atoms with van der Waals surface area (Å²) in [7, 11) is 0. The Hall–Kier alpha value is -3.17. The molecule has 148 valence electrons. The number of nitro groups is 1. The zero-order chi connectivity index (χ0) is 20.3. The van der Waals surface area contributed by atoms with Gasteiger partial charge in [0.1, 0.15) is 6.10 Å². The fourth-order valence-electron chi connectivity index (χ4n) is 2.99. The highest BCUT2D eigenvalue weighted by Gasteiger charge is 2.32. The number of nitro benzene ring substituents is 1. The number of benzene rings is 1. The van der Waals surface area contributed by atoms with E-state index in [9.17, 15) is 28.1 Å². The minimum atomic E-state index is -4.50. The van der Waals surface area contributed by atoms with Crippen LogP contribution in [-0.4, -0.2) is 39.9 Å². The average Bonchev–Trinajstić information content (AvgIpc) is 3.10. The molecule has 1 fully saturated rings. The van der Waals surface area contributed by atoms with Gasteiger partial charge in [-0.3, -0.25) is 14.9 Å². The second kappa shape index (κ2) is 7.83. The number of carbonyl (C=O) groups excluding carboxylic acids is 1. The third-order valence-electron chi connectivity index (χ3n) is 4.38. The van der Waals surface area contributed by atoms with Crippen molar-refractivity contribution in [1.29, 1.82) is 0 Å². The van der Waals surface area contributed by atoms with Crippen molar-refractivity contribution in [3.8, 4) is 5.88 Å². The van der Waals surface area contributed by atoms with Gasteiger partial charge in [0.25, 0.3) is 5.69 Å². The highest BCUT2D eigenvalue weighted by molar-refractivity contribution is 5.80. The van der Waals surface area contributed by atoms with Gasteiger partial charge in [-0.2, -0.15) is 13.2 Å². The molecule has 2 heterocycles. The summed E-state index contributed by atoms with van der Waals surface area (Å²) in [5, 5.41) is 11.1. The van der Waals surface area contributed by atoms with E-state index in [-0.39, 0.29) is 30.4 Å². The summed E-state index contributed by atoms with van der Waals surface area (Å²) in [5.74, 6) is -0.467. The van der Waals surface area contributed by atoms with E-state index in [0.29, 0.717) is 18.5 Å². The Morgan fingerprint density at radius 1 is 1.32 bits per heavy atom. The van der Waals surface area contributed by atoms with Gasteiger partial charge in [0.05, 0.1) is 23.5 Å². The number of hydrogen-bond donors (Lipinski definition) is 0. The number of rotatable bonds is 5. The molecule has 1 saturated heterocycles. The van der Waals surface area contributed by atoms with Crippen molar-refractivity contribution >= 4 is 11.6 Å². The molecule has 7 nitrogen and oxygen atoms in total. The monoisotopic (exact) mass is 395 g/mol. The summed E-state index contributed by atoms with van der Waals surface area (Å²) >= 11 is 0. The summed E-state index contributed by atoms with van der Waals surface area (Å²) in [6.45, 7) is 0.528. The molecule has 1 aromatic carbocycles. The number of para-hydroxylation sites is 1. The molecule has 0 N–H and O–H groups in total. The molecule has 0 radical (unpaired) electrons. The molecule has 1 amide bonds. The zero-order valence-electron chi connectivity index (χ0n) is 14.6. The van der Waals surface area contributed by atoms with Crippen molar-refractivity contribution in [2.24, 2.45) is 0 Å². The molecule has 3 rings (SSSR count). The van der Waals surface area contributed by atoms with E-state index in [1.165, 1.54) is 23.1 Å². The molecule has 0 saturated carbocycles. The van der Waals surface area contributed by atoms with E-state index in [1.54, 1.807) is 6.07 Å². The van der Waals surface area contributed by atoms with Crippen LogP contribution in [-0.2, 0) is 17.4 Å². The minimum absolute atomic E-state index is 0.129. The number of amides is 1. The molecule has 10 heteroatoms. The predicted molar refractivity (Wildman–Crippen MR) is 91.7 cm³/mol. The van der Waals surface area contributed by atoms with Crippen LogP contribution < -0.4 is 4.74 Å². The molecule has 2 aromatic rings. The van der Waals surface area contributed by atoms with Crippen LogP contribution in [0, 0.1) is 10.1 Å². The smallest absolute Gasteiger partial charge is 0.416 e. The predicted octanol–water partition coefficient (Wildman–Crippen LogP) is 3.23. The Kier molecular flexibility index (Phi) is 5.48. The topological polar surface area (TPSA) is 85.6 Å². The highest BCUT2D eigenvalue weighted by Crippen LogP contribution is 2.31. The maximum absolute atomic E-state index is 12.8. The Labute approximate surface area is 157 Å². The Bertz CT molecular complexity index is 888. The van der Waals surface area contributed by atoms with Gasteiger partial charge in [-0.1, -0.05) is 18.2 Å². The first-order valence-corrected chi connectivity index (χ1v) is 8.44. The number of ether oxygens (including phenoxy) is 1. The van der Waals surface area contributed by atoms with Crippen molar-refractivity contribution in [2.45, 2.75) is 25.1 Å². The SMILES string of the molecule is O=C(Cc1ccccc1[N+](=O)[O-])N1CCC(Oc2cc(C(F)(F)F)ccn2)C1. The number of halogens is 3. The van der Waals surface area contributed by atoms with Crippen LogP contribution in [0.1, 0.15) is 17.5 Å². The number of pyridine rings is 1. The Balaban J connectivity index is 1.61. The Morgan fingerprint density at radius 3 is 2.79 bits per heavy atom. The van der Waals surface area contributed by atoms with Crippen LogP contribution in [0.25, 0.3) is 0 Å². The van der Waals surface area contributed by atoms with Crippen molar-refractivity contribution in [3.63, 3.8) is 0 Å². The van der Waals surface area contributed by atoms with Crippen LogP contribution in [0.3, 0.4) is 0 Å². The first-order valence-electron chi connectivity index (χ1n) is 8.44. The summed E-state index contributed by atoms with van der Waals surface area (Å²) in [6, 6.07) is 7.66. The molecule has 0 aliphatic carbocycles. The maximum Gasteiger partial charge on any atom is 0.416 e. The van der Waals surface area contributed by atoms with Crippen LogP contribution in [0.15, 0.2) is 42.6 Å². The minimum Gasteiger partial charge on any atom is -0.472 e.